The Morgan fingerprint density at radius 3 is 2.58 bits per heavy atom. The fourth-order valence-electron chi connectivity index (χ4n) is 2.15. The van der Waals surface area contributed by atoms with Crippen molar-refractivity contribution in [3.8, 4) is 0 Å². The second kappa shape index (κ2) is 7.82. The third-order valence-corrected chi connectivity index (χ3v) is 3.42. The highest BCUT2D eigenvalue weighted by molar-refractivity contribution is 5.80. The standard InChI is InChI=1S/C14H28N2O3/c1-5-16(9-10-18-4)11-14(3,13(17)19-6-2)15-12-7-8-12/h12,15H,5-11H2,1-4H3. The largest absolute Gasteiger partial charge is 0.465 e. The second-order valence-corrected chi connectivity index (χ2v) is 5.33. The summed E-state index contributed by atoms with van der Waals surface area (Å²) in [5.74, 6) is -0.155. The number of nitrogens with one attached hydrogen (secondary N) is 1. The van der Waals surface area contributed by atoms with E-state index < -0.39 is 5.54 Å². The van der Waals surface area contributed by atoms with Crippen LogP contribution in [0.25, 0.3) is 0 Å². The fraction of sp³-hybridized carbons (Fsp3) is 0.929. The Balaban J connectivity index is 2.62. The molecule has 1 saturated carbocycles. The van der Waals surface area contributed by atoms with Gasteiger partial charge in [0, 0.05) is 26.2 Å². The number of methoxy groups -OCH3 is 1. The molecule has 1 unspecified atom stereocenters. The lowest BCUT2D eigenvalue weighted by Crippen LogP contribution is -2.58. The van der Waals surface area contributed by atoms with Crippen LogP contribution in [0.15, 0.2) is 0 Å². The van der Waals surface area contributed by atoms with Crippen LogP contribution in [0, 0.1) is 0 Å². The van der Waals surface area contributed by atoms with Gasteiger partial charge in [-0.15, -0.1) is 0 Å². The lowest BCUT2D eigenvalue weighted by molar-refractivity contribution is -0.151. The van der Waals surface area contributed by atoms with Gasteiger partial charge in [0.2, 0.25) is 0 Å². The first kappa shape index (κ1) is 16.4. The van der Waals surface area contributed by atoms with Crippen molar-refractivity contribution in [3.63, 3.8) is 0 Å². The molecule has 0 aromatic heterocycles. The van der Waals surface area contributed by atoms with Crippen molar-refractivity contribution in [2.75, 3.05) is 40.0 Å². The van der Waals surface area contributed by atoms with E-state index in [1.807, 2.05) is 13.8 Å². The number of carbonyl (C=O) groups is 1. The van der Waals surface area contributed by atoms with E-state index >= 15 is 0 Å². The normalized spacial score (nSPS) is 18.4. The number of esters is 1. The molecule has 19 heavy (non-hydrogen) atoms. The molecule has 0 bridgehead atoms. The first-order valence-electron chi connectivity index (χ1n) is 7.22. The Bertz CT molecular complexity index is 282. The summed E-state index contributed by atoms with van der Waals surface area (Å²) in [6.07, 6.45) is 2.30. The van der Waals surface area contributed by atoms with Gasteiger partial charge in [0.05, 0.1) is 13.2 Å². The first-order chi connectivity index (χ1) is 9.05. The number of ether oxygens (including phenoxy) is 2. The molecule has 0 heterocycles. The van der Waals surface area contributed by atoms with Crippen LogP contribution < -0.4 is 5.32 Å². The summed E-state index contributed by atoms with van der Waals surface area (Å²) in [4.78, 5) is 14.4. The molecule has 112 valence electrons. The van der Waals surface area contributed by atoms with Crippen LogP contribution in [0.4, 0.5) is 0 Å². The van der Waals surface area contributed by atoms with E-state index in [1.54, 1.807) is 7.11 Å². The van der Waals surface area contributed by atoms with Crippen LogP contribution in [0.2, 0.25) is 0 Å². The molecule has 0 aromatic carbocycles. The molecular formula is C14H28N2O3. The number of rotatable bonds is 10. The fourth-order valence-corrected chi connectivity index (χ4v) is 2.15. The van der Waals surface area contributed by atoms with Crippen LogP contribution in [0.5, 0.6) is 0 Å². The molecule has 0 amide bonds. The molecule has 0 aromatic rings. The number of carbonyl (C=O) groups excluding carboxylic acids is 1. The Morgan fingerprint density at radius 2 is 2.11 bits per heavy atom. The van der Waals surface area contributed by atoms with Gasteiger partial charge in [-0.05, 0) is 33.2 Å². The van der Waals surface area contributed by atoms with E-state index in [2.05, 4.69) is 17.1 Å². The van der Waals surface area contributed by atoms with Gasteiger partial charge in [0.15, 0.2) is 0 Å². The van der Waals surface area contributed by atoms with E-state index in [0.29, 0.717) is 25.8 Å². The smallest absolute Gasteiger partial charge is 0.327 e. The van der Waals surface area contributed by atoms with Gasteiger partial charge < -0.3 is 9.47 Å². The highest BCUT2D eigenvalue weighted by atomic mass is 16.5. The maximum atomic E-state index is 12.2. The summed E-state index contributed by atoms with van der Waals surface area (Å²) < 4.78 is 10.3. The molecule has 1 aliphatic carbocycles. The van der Waals surface area contributed by atoms with Crippen LogP contribution in [-0.4, -0.2) is 62.4 Å². The molecule has 1 rings (SSSR count). The van der Waals surface area contributed by atoms with Gasteiger partial charge in [0.1, 0.15) is 5.54 Å². The minimum atomic E-state index is -0.624. The Kier molecular flexibility index (Phi) is 6.75. The van der Waals surface area contributed by atoms with Gasteiger partial charge >= 0.3 is 5.97 Å². The Morgan fingerprint density at radius 1 is 1.42 bits per heavy atom. The molecule has 1 N–H and O–H groups in total. The molecule has 5 nitrogen and oxygen atoms in total. The first-order valence-corrected chi connectivity index (χ1v) is 7.22. The topological polar surface area (TPSA) is 50.8 Å². The number of hydrogen-bond acceptors (Lipinski definition) is 5. The van der Waals surface area contributed by atoms with Gasteiger partial charge in [-0.25, -0.2) is 0 Å². The molecule has 1 fully saturated rings. The lowest BCUT2D eigenvalue weighted by Gasteiger charge is -2.34. The molecule has 0 aliphatic heterocycles. The zero-order chi connectivity index (χ0) is 14.3. The summed E-state index contributed by atoms with van der Waals surface area (Å²) in [6.45, 7) is 9.36. The zero-order valence-corrected chi connectivity index (χ0v) is 12.7. The van der Waals surface area contributed by atoms with Crippen molar-refractivity contribution < 1.29 is 14.3 Å². The predicted octanol–water partition coefficient (Wildman–Crippen LogP) is 1.03. The van der Waals surface area contributed by atoms with Crippen LogP contribution in [0.1, 0.15) is 33.6 Å². The monoisotopic (exact) mass is 272 g/mol. The van der Waals surface area contributed by atoms with Gasteiger partial charge in [-0.2, -0.15) is 0 Å². The Hall–Kier alpha value is -0.650. The summed E-state index contributed by atoms with van der Waals surface area (Å²) in [7, 11) is 1.70. The average Bonchev–Trinajstić information content (AvgIpc) is 3.18. The summed E-state index contributed by atoms with van der Waals surface area (Å²) >= 11 is 0. The molecule has 0 saturated heterocycles. The molecule has 1 atom stereocenters. The van der Waals surface area contributed by atoms with Gasteiger partial charge in [0.25, 0.3) is 0 Å². The molecular weight excluding hydrogens is 244 g/mol. The number of nitrogens with zero attached hydrogens (tertiary/aromatic N) is 1. The number of likely N-dealkylation sites (N-methyl/N-ethyl adjacent to an activating group) is 1. The van der Waals surface area contributed by atoms with Crippen molar-refractivity contribution >= 4 is 5.97 Å². The summed E-state index contributed by atoms with van der Waals surface area (Å²) in [5.41, 5.74) is -0.624. The van der Waals surface area contributed by atoms with Gasteiger partial charge in [-0.1, -0.05) is 6.92 Å². The highest BCUT2D eigenvalue weighted by Gasteiger charge is 2.40. The molecule has 0 radical (unpaired) electrons. The van der Waals surface area contributed by atoms with E-state index in [-0.39, 0.29) is 5.97 Å². The van der Waals surface area contributed by atoms with Crippen LogP contribution in [-0.2, 0) is 14.3 Å². The summed E-state index contributed by atoms with van der Waals surface area (Å²) in [6, 6.07) is 0.468. The maximum absolute atomic E-state index is 12.2. The maximum Gasteiger partial charge on any atom is 0.327 e. The van der Waals surface area contributed by atoms with E-state index in [0.717, 1.165) is 25.9 Å². The van der Waals surface area contributed by atoms with E-state index in [1.165, 1.54) is 0 Å². The van der Waals surface area contributed by atoms with Crippen molar-refractivity contribution in [3.05, 3.63) is 0 Å². The van der Waals surface area contributed by atoms with Crippen molar-refractivity contribution in [2.45, 2.75) is 45.2 Å². The molecule has 1 aliphatic rings. The molecule has 0 spiro atoms. The number of hydrogen-bond donors (Lipinski definition) is 1. The molecule has 5 heteroatoms. The third kappa shape index (κ3) is 5.47. The summed E-state index contributed by atoms with van der Waals surface area (Å²) in [5, 5.41) is 3.44. The SMILES string of the molecule is CCOC(=O)C(C)(CN(CC)CCOC)NC1CC1. The minimum Gasteiger partial charge on any atom is -0.465 e. The van der Waals surface area contributed by atoms with E-state index in [9.17, 15) is 4.79 Å². The average molecular weight is 272 g/mol. The second-order valence-electron chi connectivity index (χ2n) is 5.33. The third-order valence-electron chi connectivity index (χ3n) is 3.42. The van der Waals surface area contributed by atoms with Crippen LogP contribution in [0.3, 0.4) is 0 Å². The van der Waals surface area contributed by atoms with E-state index in [4.69, 9.17) is 9.47 Å². The van der Waals surface area contributed by atoms with Crippen LogP contribution >= 0.6 is 0 Å². The quantitative estimate of drug-likeness (QED) is 0.602. The van der Waals surface area contributed by atoms with Crippen molar-refractivity contribution in [1.82, 2.24) is 10.2 Å². The Labute approximate surface area is 116 Å². The highest BCUT2D eigenvalue weighted by Crippen LogP contribution is 2.23. The van der Waals surface area contributed by atoms with Crippen molar-refractivity contribution in [1.29, 1.82) is 0 Å². The van der Waals surface area contributed by atoms with Crippen molar-refractivity contribution in [2.24, 2.45) is 0 Å². The van der Waals surface area contributed by atoms with Gasteiger partial charge in [-0.3, -0.25) is 15.0 Å². The minimum absolute atomic E-state index is 0.155. The predicted molar refractivity (Wildman–Crippen MR) is 75.2 cm³/mol. The lowest BCUT2D eigenvalue weighted by atomic mass is 10.0. The zero-order valence-electron chi connectivity index (χ0n) is 12.7.